The van der Waals surface area contributed by atoms with E-state index in [2.05, 4.69) is 20.8 Å². The maximum Gasteiger partial charge on any atom is 0.243 e. The third-order valence-corrected chi connectivity index (χ3v) is 4.00. The van der Waals surface area contributed by atoms with E-state index >= 15 is 0 Å². The van der Waals surface area contributed by atoms with Gasteiger partial charge in [-0.15, -0.1) is 10.2 Å². The Hall–Kier alpha value is -2.77. The molecule has 0 aliphatic carbocycles. The Bertz CT molecular complexity index is 774. The van der Waals surface area contributed by atoms with Crippen molar-refractivity contribution in [2.24, 2.45) is 0 Å². The number of aryl methyl sites for hydroxylation is 1. The predicted molar refractivity (Wildman–Crippen MR) is 83.1 cm³/mol. The number of nitrogens with one attached hydrogen (secondary N) is 2. The fourth-order valence-corrected chi connectivity index (χ4v) is 2.80. The Morgan fingerprint density at radius 2 is 2.04 bits per heavy atom. The molecule has 1 aromatic carbocycles. The van der Waals surface area contributed by atoms with Gasteiger partial charge in [0, 0.05) is 25.5 Å². The van der Waals surface area contributed by atoms with Crippen molar-refractivity contribution in [1.82, 2.24) is 25.4 Å². The van der Waals surface area contributed by atoms with Crippen LogP contribution in [0, 0.1) is 5.82 Å². The highest BCUT2D eigenvalue weighted by molar-refractivity contribution is 5.81. The van der Waals surface area contributed by atoms with Gasteiger partial charge >= 0.3 is 0 Å². The highest BCUT2D eigenvalue weighted by Gasteiger charge is 2.32. The Labute approximate surface area is 138 Å². The minimum absolute atomic E-state index is 0.125. The van der Waals surface area contributed by atoms with Gasteiger partial charge in [-0.2, -0.15) is 0 Å². The lowest BCUT2D eigenvalue weighted by molar-refractivity contribution is -0.124. The van der Waals surface area contributed by atoms with E-state index < -0.39 is 6.04 Å². The predicted octanol–water partition coefficient (Wildman–Crippen LogP) is 0.857. The van der Waals surface area contributed by atoms with Crippen LogP contribution in [0.3, 0.4) is 0 Å². The third-order valence-electron chi connectivity index (χ3n) is 4.00. The van der Waals surface area contributed by atoms with Crippen LogP contribution in [0.15, 0.2) is 24.3 Å². The summed E-state index contributed by atoms with van der Waals surface area (Å²) in [6.07, 6.45) is 1.26. The van der Waals surface area contributed by atoms with Crippen LogP contribution in [0.4, 0.5) is 4.39 Å². The largest absolute Gasteiger partial charge is 0.350 e. The van der Waals surface area contributed by atoms with Crippen LogP contribution in [0.1, 0.15) is 36.6 Å². The molecule has 0 saturated carbocycles. The van der Waals surface area contributed by atoms with E-state index in [1.165, 1.54) is 13.0 Å². The van der Waals surface area contributed by atoms with Gasteiger partial charge in [-0.25, -0.2) is 4.39 Å². The van der Waals surface area contributed by atoms with Gasteiger partial charge in [0.2, 0.25) is 11.8 Å². The molecule has 2 heterocycles. The first-order valence-electron chi connectivity index (χ1n) is 7.74. The minimum atomic E-state index is -0.439. The van der Waals surface area contributed by atoms with Gasteiger partial charge in [0.25, 0.3) is 0 Å². The zero-order chi connectivity index (χ0) is 17.1. The summed E-state index contributed by atoms with van der Waals surface area (Å²) in [4.78, 5) is 23.5. The zero-order valence-electron chi connectivity index (χ0n) is 13.3. The lowest BCUT2D eigenvalue weighted by Crippen LogP contribution is -2.32. The highest BCUT2D eigenvalue weighted by Crippen LogP contribution is 2.26. The number of amides is 2. The molecule has 126 valence electrons. The first-order valence-corrected chi connectivity index (χ1v) is 7.74. The third kappa shape index (κ3) is 3.27. The molecule has 1 aromatic heterocycles. The molecule has 8 heteroatoms. The summed E-state index contributed by atoms with van der Waals surface area (Å²) < 4.78 is 15.4. The number of aromatic nitrogens is 3. The van der Waals surface area contributed by atoms with E-state index in [0.717, 1.165) is 5.82 Å². The van der Waals surface area contributed by atoms with Gasteiger partial charge in [0.15, 0.2) is 5.82 Å². The number of carbonyl (C=O) groups excluding carboxylic acids is 2. The molecule has 0 saturated heterocycles. The van der Waals surface area contributed by atoms with Crippen LogP contribution < -0.4 is 10.6 Å². The van der Waals surface area contributed by atoms with E-state index in [4.69, 9.17) is 0 Å². The molecule has 1 atom stereocenters. The fraction of sp³-hybridized carbons (Fsp3) is 0.375. The van der Waals surface area contributed by atoms with E-state index in [1.807, 2.05) is 0 Å². The Balaban J connectivity index is 1.69. The fourth-order valence-electron chi connectivity index (χ4n) is 2.80. The second-order valence-corrected chi connectivity index (χ2v) is 5.68. The van der Waals surface area contributed by atoms with Crippen LogP contribution in [0.25, 0.3) is 0 Å². The maximum atomic E-state index is 13.6. The highest BCUT2D eigenvalue weighted by atomic mass is 19.1. The number of carbonyl (C=O) groups is 2. The number of halogens is 1. The monoisotopic (exact) mass is 331 g/mol. The molecule has 2 aromatic rings. The minimum Gasteiger partial charge on any atom is -0.350 e. The second kappa shape index (κ2) is 6.77. The molecule has 2 N–H and O–H groups in total. The smallest absolute Gasteiger partial charge is 0.243 e. The molecular formula is C16H18FN5O2. The molecule has 3 rings (SSSR count). The van der Waals surface area contributed by atoms with Crippen molar-refractivity contribution in [2.75, 3.05) is 0 Å². The van der Waals surface area contributed by atoms with Crippen LogP contribution in [0.2, 0.25) is 0 Å². The summed E-state index contributed by atoms with van der Waals surface area (Å²) in [7, 11) is 0. The number of nitrogens with zero attached hydrogens (tertiary/aromatic N) is 3. The van der Waals surface area contributed by atoms with Gasteiger partial charge in [-0.05, 0) is 12.5 Å². The van der Waals surface area contributed by atoms with Gasteiger partial charge < -0.3 is 15.2 Å². The lowest BCUT2D eigenvalue weighted by atomic mass is 10.1. The first kappa shape index (κ1) is 16.1. The summed E-state index contributed by atoms with van der Waals surface area (Å²) in [5, 5.41) is 13.5. The first-order chi connectivity index (χ1) is 11.6. The number of hydrogen-bond donors (Lipinski definition) is 2. The Kier molecular flexibility index (Phi) is 4.54. The molecule has 1 aliphatic heterocycles. The van der Waals surface area contributed by atoms with Gasteiger partial charge in [-0.3, -0.25) is 9.59 Å². The number of hydrogen-bond acceptors (Lipinski definition) is 4. The van der Waals surface area contributed by atoms with Crippen molar-refractivity contribution in [3.63, 3.8) is 0 Å². The Morgan fingerprint density at radius 1 is 1.25 bits per heavy atom. The number of benzene rings is 1. The molecule has 0 spiro atoms. The van der Waals surface area contributed by atoms with Crippen molar-refractivity contribution in [2.45, 2.75) is 38.9 Å². The van der Waals surface area contributed by atoms with E-state index in [9.17, 15) is 14.0 Å². The summed E-state index contributed by atoms with van der Waals surface area (Å²) >= 11 is 0. The topological polar surface area (TPSA) is 88.9 Å². The summed E-state index contributed by atoms with van der Waals surface area (Å²) in [5.41, 5.74) is 0.436. The van der Waals surface area contributed by atoms with Crippen LogP contribution in [-0.4, -0.2) is 26.6 Å². The van der Waals surface area contributed by atoms with Crippen LogP contribution >= 0.6 is 0 Å². The van der Waals surface area contributed by atoms with E-state index in [1.54, 1.807) is 22.8 Å². The van der Waals surface area contributed by atoms with Gasteiger partial charge in [-0.1, -0.05) is 18.2 Å². The number of fused-ring (bicyclic) bond motifs is 1. The van der Waals surface area contributed by atoms with Crippen molar-refractivity contribution >= 4 is 11.8 Å². The summed E-state index contributed by atoms with van der Waals surface area (Å²) in [6, 6.07) is 5.89. The maximum absolute atomic E-state index is 13.6. The standard InChI is InChI=1S/C16H18FN5O2/c1-10(23)18-9-15-21-20-14-7-6-13(22(14)15)16(24)19-8-11-4-2-3-5-12(11)17/h2-5,13H,6-9H2,1H3,(H,18,23)(H,19,24). The molecule has 0 bridgehead atoms. The van der Waals surface area contributed by atoms with E-state index in [0.29, 0.717) is 24.2 Å². The molecule has 24 heavy (non-hydrogen) atoms. The summed E-state index contributed by atoms with van der Waals surface area (Å²) in [5.74, 6) is 0.539. The molecule has 1 unspecified atom stereocenters. The molecule has 1 aliphatic rings. The van der Waals surface area contributed by atoms with Crippen molar-refractivity contribution in [3.05, 3.63) is 47.3 Å². The molecule has 7 nitrogen and oxygen atoms in total. The quantitative estimate of drug-likeness (QED) is 0.850. The van der Waals surface area contributed by atoms with Crippen LogP contribution in [0.5, 0.6) is 0 Å². The number of rotatable bonds is 5. The Morgan fingerprint density at radius 3 is 2.79 bits per heavy atom. The molecule has 0 fully saturated rings. The normalized spacial score (nSPS) is 15.8. The SMILES string of the molecule is CC(=O)NCc1nnc2n1C(C(=O)NCc1ccccc1F)CC2. The zero-order valence-corrected chi connectivity index (χ0v) is 13.3. The van der Waals surface area contributed by atoms with Gasteiger partial charge in [0.05, 0.1) is 6.54 Å². The van der Waals surface area contributed by atoms with Crippen molar-refractivity contribution in [3.8, 4) is 0 Å². The van der Waals surface area contributed by atoms with Crippen molar-refractivity contribution in [1.29, 1.82) is 0 Å². The summed E-state index contributed by atoms with van der Waals surface area (Å²) in [6.45, 7) is 1.76. The lowest BCUT2D eigenvalue weighted by Gasteiger charge is -2.15. The molecular weight excluding hydrogens is 313 g/mol. The molecule has 2 amide bonds. The average molecular weight is 331 g/mol. The second-order valence-electron chi connectivity index (χ2n) is 5.68. The van der Waals surface area contributed by atoms with E-state index in [-0.39, 0.29) is 30.7 Å². The van der Waals surface area contributed by atoms with Gasteiger partial charge in [0.1, 0.15) is 17.7 Å². The average Bonchev–Trinajstić information content (AvgIpc) is 3.14. The van der Waals surface area contributed by atoms with Crippen molar-refractivity contribution < 1.29 is 14.0 Å². The van der Waals surface area contributed by atoms with Crippen LogP contribution in [-0.2, 0) is 29.1 Å². The molecule has 0 radical (unpaired) electrons.